The second-order valence-electron chi connectivity index (χ2n) is 2.35. The van der Waals surface area contributed by atoms with Gasteiger partial charge in [0.25, 0.3) is 6.47 Å². The van der Waals surface area contributed by atoms with Crippen molar-refractivity contribution < 1.29 is 19.4 Å². The molecule has 0 aromatic carbocycles. The Hall–Kier alpha value is -1.84. The van der Waals surface area contributed by atoms with E-state index < -0.39 is 5.97 Å². The Labute approximate surface area is 88.6 Å². The second kappa shape index (κ2) is 7.55. The van der Waals surface area contributed by atoms with Gasteiger partial charge in [-0.3, -0.25) is 4.79 Å². The van der Waals surface area contributed by atoms with Gasteiger partial charge in [-0.05, 0) is 6.08 Å². The predicted octanol–water partition coefficient (Wildman–Crippen LogP) is 2.04. The molecular weight excluding hydrogens is 196 g/mol. The van der Waals surface area contributed by atoms with Gasteiger partial charge in [-0.25, -0.2) is 4.79 Å². The number of hydrogen-bond donors (Lipinski definition) is 1. The van der Waals surface area contributed by atoms with Crippen LogP contribution in [0, 0.1) is 0 Å². The Bertz CT molecular complexity index is 311. The first kappa shape index (κ1) is 13.2. The third kappa shape index (κ3) is 4.26. The Balaban J connectivity index is 0.000000921. The van der Waals surface area contributed by atoms with Crippen LogP contribution in [-0.4, -0.2) is 17.5 Å². The number of aliphatic carboxylic acids is 1. The molecule has 4 nitrogen and oxygen atoms in total. The number of carboxylic acids is 1. The third-order valence-corrected chi connectivity index (χ3v) is 1.53. The average molecular weight is 210 g/mol. The number of carboxylic acid groups (broad SMARTS) is 1. The highest BCUT2D eigenvalue weighted by atomic mass is 16.5. The number of allylic oxidation sites excluding steroid dienone is 3. The van der Waals surface area contributed by atoms with Crippen LogP contribution in [0.15, 0.2) is 35.6 Å². The van der Waals surface area contributed by atoms with E-state index in [-0.39, 0.29) is 17.8 Å². The molecule has 0 heterocycles. The summed E-state index contributed by atoms with van der Waals surface area (Å²) >= 11 is 0. The summed E-state index contributed by atoms with van der Waals surface area (Å²) in [5.74, 6) is -0.940. The highest BCUT2D eigenvalue weighted by molar-refractivity contribution is 5.90. The van der Waals surface area contributed by atoms with Crippen LogP contribution in [0.2, 0.25) is 0 Å². The summed E-state index contributed by atoms with van der Waals surface area (Å²) in [6.07, 6.45) is 6.71. The maximum Gasteiger partial charge on any atom is 0.339 e. The predicted molar refractivity (Wildman–Crippen MR) is 56.1 cm³/mol. The quantitative estimate of drug-likeness (QED) is 0.724. The topological polar surface area (TPSA) is 63.6 Å². The summed E-state index contributed by atoms with van der Waals surface area (Å²) in [4.78, 5) is 20.7. The fourth-order valence-corrected chi connectivity index (χ4v) is 0.969. The van der Waals surface area contributed by atoms with Gasteiger partial charge in [0, 0.05) is 6.42 Å². The molecule has 0 saturated carbocycles. The summed E-state index contributed by atoms with van der Waals surface area (Å²) in [7, 11) is 0. The number of rotatable bonds is 3. The van der Waals surface area contributed by atoms with Gasteiger partial charge in [0.2, 0.25) is 0 Å². The number of carbonyl (C=O) groups is 2. The van der Waals surface area contributed by atoms with Crippen LogP contribution >= 0.6 is 0 Å². The van der Waals surface area contributed by atoms with Gasteiger partial charge in [0.1, 0.15) is 5.76 Å². The Kier molecular flexibility index (Phi) is 6.63. The summed E-state index contributed by atoms with van der Waals surface area (Å²) in [5, 5.41) is 8.73. The van der Waals surface area contributed by atoms with E-state index in [9.17, 15) is 9.59 Å². The molecule has 0 fully saturated rings. The molecule has 1 aliphatic rings. The molecular formula is C11H14O4. The fourth-order valence-electron chi connectivity index (χ4n) is 0.969. The Morgan fingerprint density at radius 2 is 2.13 bits per heavy atom. The fraction of sp³-hybridized carbons (Fsp3) is 0.273. The van der Waals surface area contributed by atoms with Crippen molar-refractivity contribution >= 4 is 12.4 Å². The lowest BCUT2D eigenvalue weighted by atomic mass is 10.2. The van der Waals surface area contributed by atoms with E-state index >= 15 is 0 Å². The number of carbonyl (C=O) groups excluding carboxylic acids is 1. The van der Waals surface area contributed by atoms with Gasteiger partial charge in [0.05, 0.1) is 5.57 Å². The zero-order chi connectivity index (χ0) is 11.7. The van der Waals surface area contributed by atoms with Crippen LogP contribution < -0.4 is 0 Å². The minimum atomic E-state index is -1.10. The van der Waals surface area contributed by atoms with Crippen molar-refractivity contribution in [3.63, 3.8) is 0 Å². The van der Waals surface area contributed by atoms with E-state index in [1.807, 2.05) is 13.8 Å². The van der Waals surface area contributed by atoms with E-state index in [0.29, 0.717) is 6.42 Å². The first-order valence-electron chi connectivity index (χ1n) is 4.65. The molecule has 0 unspecified atom stereocenters. The molecule has 0 radical (unpaired) electrons. The van der Waals surface area contributed by atoms with Crippen molar-refractivity contribution in [2.24, 2.45) is 0 Å². The van der Waals surface area contributed by atoms with Crippen molar-refractivity contribution in [1.29, 1.82) is 0 Å². The van der Waals surface area contributed by atoms with Crippen molar-refractivity contribution in [2.75, 3.05) is 0 Å². The van der Waals surface area contributed by atoms with Crippen LogP contribution in [0.25, 0.3) is 0 Å². The lowest BCUT2D eigenvalue weighted by molar-refractivity contribution is -0.132. The molecule has 0 spiro atoms. The Morgan fingerprint density at radius 1 is 1.47 bits per heavy atom. The van der Waals surface area contributed by atoms with Crippen LogP contribution in [0.4, 0.5) is 0 Å². The van der Waals surface area contributed by atoms with Crippen LogP contribution in [0.3, 0.4) is 0 Å². The minimum Gasteiger partial charge on any atom is -0.478 e. The van der Waals surface area contributed by atoms with E-state index in [2.05, 4.69) is 4.74 Å². The van der Waals surface area contributed by atoms with Crippen LogP contribution in [0.1, 0.15) is 20.3 Å². The van der Waals surface area contributed by atoms with E-state index in [1.54, 1.807) is 18.2 Å². The standard InChI is InChI=1S/C9H8O4.C2H6/c10-6-13-8-5-3-1-2-4-7(8)9(11)12;1-2/h1-4,6H,5H2,(H,11,12);1-2H3. The van der Waals surface area contributed by atoms with Gasteiger partial charge in [-0.15, -0.1) is 0 Å². The molecule has 1 rings (SSSR count). The van der Waals surface area contributed by atoms with E-state index in [0.717, 1.165) is 0 Å². The summed E-state index contributed by atoms with van der Waals surface area (Å²) in [5.41, 5.74) is 0.0112. The van der Waals surface area contributed by atoms with Gasteiger partial charge in [-0.1, -0.05) is 32.1 Å². The third-order valence-electron chi connectivity index (χ3n) is 1.53. The van der Waals surface area contributed by atoms with Gasteiger partial charge < -0.3 is 9.84 Å². The smallest absolute Gasteiger partial charge is 0.339 e. The van der Waals surface area contributed by atoms with E-state index in [4.69, 9.17) is 5.11 Å². The van der Waals surface area contributed by atoms with Gasteiger partial charge in [-0.2, -0.15) is 0 Å². The molecule has 0 bridgehead atoms. The lowest BCUT2D eigenvalue weighted by Gasteiger charge is -2.02. The molecule has 1 aliphatic carbocycles. The summed E-state index contributed by atoms with van der Waals surface area (Å²) < 4.78 is 4.55. The normalized spacial score (nSPS) is 13.7. The Morgan fingerprint density at radius 3 is 2.67 bits per heavy atom. The SMILES string of the molecule is CC.O=COC1=C(C(=O)O)C=CC=CC1. The molecule has 15 heavy (non-hydrogen) atoms. The highest BCUT2D eigenvalue weighted by Gasteiger charge is 2.13. The van der Waals surface area contributed by atoms with Crippen LogP contribution in [-0.2, 0) is 14.3 Å². The summed E-state index contributed by atoms with van der Waals surface area (Å²) in [6.45, 7) is 4.23. The monoisotopic (exact) mass is 210 g/mol. The molecule has 0 amide bonds. The van der Waals surface area contributed by atoms with Crippen LogP contribution in [0.5, 0.6) is 0 Å². The van der Waals surface area contributed by atoms with Crippen molar-refractivity contribution in [1.82, 2.24) is 0 Å². The van der Waals surface area contributed by atoms with E-state index in [1.165, 1.54) is 6.08 Å². The zero-order valence-corrected chi connectivity index (χ0v) is 8.77. The first-order valence-corrected chi connectivity index (χ1v) is 4.65. The van der Waals surface area contributed by atoms with Gasteiger partial charge >= 0.3 is 5.97 Å². The van der Waals surface area contributed by atoms with Crippen molar-refractivity contribution in [2.45, 2.75) is 20.3 Å². The molecule has 0 saturated heterocycles. The van der Waals surface area contributed by atoms with Crippen molar-refractivity contribution in [3.05, 3.63) is 35.6 Å². The zero-order valence-electron chi connectivity index (χ0n) is 8.77. The highest BCUT2D eigenvalue weighted by Crippen LogP contribution is 2.15. The molecule has 1 N–H and O–H groups in total. The average Bonchev–Trinajstić information content (AvgIpc) is 2.47. The minimum absolute atomic E-state index is 0.0112. The molecule has 0 aliphatic heterocycles. The second-order valence-corrected chi connectivity index (χ2v) is 2.35. The molecule has 0 aromatic rings. The molecule has 0 aromatic heterocycles. The molecule has 4 heteroatoms. The lowest BCUT2D eigenvalue weighted by Crippen LogP contribution is -2.03. The maximum atomic E-state index is 10.7. The molecule has 0 atom stereocenters. The first-order chi connectivity index (χ1) is 7.25. The largest absolute Gasteiger partial charge is 0.478 e. The maximum absolute atomic E-state index is 10.7. The number of hydrogen-bond acceptors (Lipinski definition) is 3. The summed E-state index contributed by atoms with van der Waals surface area (Å²) in [6, 6.07) is 0. The number of ether oxygens (including phenoxy) is 1. The molecule has 82 valence electrons. The van der Waals surface area contributed by atoms with Crippen molar-refractivity contribution in [3.8, 4) is 0 Å². The van der Waals surface area contributed by atoms with Gasteiger partial charge in [0.15, 0.2) is 0 Å².